The van der Waals surface area contributed by atoms with E-state index in [9.17, 15) is 4.79 Å². The summed E-state index contributed by atoms with van der Waals surface area (Å²) >= 11 is 12.3. The number of nitrogen functional groups attached to an aromatic ring is 1. The fourth-order valence-corrected chi connectivity index (χ4v) is 5.66. The monoisotopic (exact) mass is 741 g/mol. The molecule has 0 fully saturated rings. The summed E-state index contributed by atoms with van der Waals surface area (Å²) in [5.74, 6) is 3.26. The highest BCUT2D eigenvalue weighted by molar-refractivity contribution is 6.31. The summed E-state index contributed by atoms with van der Waals surface area (Å²) in [6.45, 7) is 14.7. The van der Waals surface area contributed by atoms with E-state index >= 15 is 0 Å². The van der Waals surface area contributed by atoms with Crippen molar-refractivity contribution in [1.29, 1.82) is 0 Å². The number of hydrogen-bond acceptors (Lipinski definition) is 7. The molecule has 3 N–H and O–H groups in total. The Labute approximate surface area is 314 Å². The molecular formula is C40H45Cl2N7O3. The normalized spacial score (nSPS) is 11.1. The van der Waals surface area contributed by atoms with Gasteiger partial charge in [0.15, 0.2) is 5.82 Å². The van der Waals surface area contributed by atoms with Gasteiger partial charge in [-0.2, -0.15) is 10.2 Å². The van der Waals surface area contributed by atoms with Crippen LogP contribution in [0.25, 0.3) is 10.9 Å². The highest BCUT2D eigenvalue weighted by Crippen LogP contribution is 2.27. The Hall–Kier alpha value is -5.06. The number of fused-ring (bicyclic) bond motifs is 1. The van der Waals surface area contributed by atoms with E-state index in [4.69, 9.17) is 38.4 Å². The third-order valence-corrected chi connectivity index (χ3v) is 8.38. The van der Waals surface area contributed by atoms with Gasteiger partial charge in [-0.15, -0.1) is 0 Å². The van der Waals surface area contributed by atoms with Gasteiger partial charge in [-0.25, -0.2) is 0 Å². The molecule has 52 heavy (non-hydrogen) atoms. The summed E-state index contributed by atoms with van der Waals surface area (Å²) in [5.41, 5.74) is 10.9. The van der Waals surface area contributed by atoms with Crippen LogP contribution in [0.2, 0.25) is 10.0 Å². The van der Waals surface area contributed by atoms with Gasteiger partial charge in [0.05, 0.1) is 37.4 Å². The standard InChI is InChI=1S/C25H25ClN4O2.C15H20ClN3O/c1-16(2)15-32-23-9-8-21(26)12-20(23)14-30-17(3)10-24(29-30)28-25(31)19-11-18-6-4-5-7-22(18)27-13-19;1-10(2)9-20-14-5-4-13(16)7-12(14)8-19-11(3)6-15(17)18-19/h4-13,16H,14-15H2,1-3H3,(H,28,29,31);4-7,10H,8-9H2,1-3H3,(H2,17,18). The van der Waals surface area contributed by atoms with Gasteiger partial charge >= 0.3 is 0 Å². The van der Waals surface area contributed by atoms with Crippen LogP contribution in [0.4, 0.5) is 11.6 Å². The topological polar surface area (TPSA) is 122 Å². The van der Waals surface area contributed by atoms with Crippen LogP contribution in [0.1, 0.15) is 60.6 Å². The molecular weight excluding hydrogens is 697 g/mol. The Bertz CT molecular complexity index is 2140. The van der Waals surface area contributed by atoms with Crippen molar-refractivity contribution in [2.45, 2.75) is 54.6 Å². The maximum Gasteiger partial charge on any atom is 0.258 e. The fourth-order valence-electron chi connectivity index (χ4n) is 5.27. The number of nitrogens with one attached hydrogen (secondary N) is 1. The van der Waals surface area contributed by atoms with Crippen molar-refractivity contribution in [2.75, 3.05) is 24.3 Å². The zero-order valence-electron chi connectivity index (χ0n) is 30.4. The number of carbonyl (C=O) groups excluding carboxylic acids is 1. The molecule has 272 valence electrons. The molecule has 3 heterocycles. The summed E-state index contributed by atoms with van der Waals surface area (Å²) in [4.78, 5) is 17.1. The molecule has 1 amide bonds. The Morgan fingerprint density at radius 3 is 1.88 bits per heavy atom. The molecule has 0 saturated heterocycles. The first-order valence-corrected chi connectivity index (χ1v) is 17.9. The van der Waals surface area contributed by atoms with Crippen LogP contribution in [0.15, 0.2) is 85.1 Å². The zero-order chi connectivity index (χ0) is 37.4. The number of amides is 1. The van der Waals surface area contributed by atoms with Crippen LogP contribution < -0.4 is 20.5 Å². The molecule has 0 spiro atoms. The van der Waals surface area contributed by atoms with Gasteiger partial charge < -0.3 is 20.5 Å². The highest BCUT2D eigenvalue weighted by Gasteiger charge is 2.14. The van der Waals surface area contributed by atoms with Gasteiger partial charge in [-0.05, 0) is 74.2 Å². The van der Waals surface area contributed by atoms with Crippen molar-refractivity contribution in [3.05, 3.63) is 123 Å². The summed E-state index contributed by atoms with van der Waals surface area (Å²) < 4.78 is 15.5. The average Bonchev–Trinajstić information content (AvgIpc) is 3.61. The van der Waals surface area contributed by atoms with Gasteiger partial charge in [0.25, 0.3) is 5.91 Å². The van der Waals surface area contributed by atoms with Gasteiger partial charge in [0.1, 0.15) is 17.3 Å². The predicted octanol–water partition coefficient (Wildman–Crippen LogP) is 9.24. The molecule has 12 heteroatoms. The second kappa shape index (κ2) is 17.4. The second-order valence-corrected chi connectivity index (χ2v) is 14.4. The smallest absolute Gasteiger partial charge is 0.258 e. The first kappa shape index (κ1) is 38.2. The third-order valence-electron chi connectivity index (χ3n) is 7.91. The number of nitrogens with two attached hydrogens (primary N) is 1. The van der Waals surface area contributed by atoms with Gasteiger partial charge in [-0.1, -0.05) is 69.1 Å². The molecule has 6 aromatic rings. The molecule has 0 radical (unpaired) electrons. The molecule has 0 aliphatic heterocycles. The lowest BCUT2D eigenvalue weighted by Crippen LogP contribution is -2.13. The van der Waals surface area contributed by atoms with E-state index in [1.807, 2.05) is 102 Å². The Kier molecular flexibility index (Phi) is 12.8. The van der Waals surface area contributed by atoms with E-state index in [1.165, 1.54) is 0 Å². The number of aromatic nitrogens is 5. The SMILES string of the molecule is Cc1cc(N)nn1Cc1cc(Cl)ccc1OCC(C)C.Cc1cc(NC(=O)c2cnc3ccccc3c2)nn1Cc1cc(Cl)ccc1OCC(C)C. The minimum atomic E-state index is -0.253. The second-order valence-electron chi connectivity index (χ2n) is 13.5. The predicted molar refractivity (Wildman–Crippen MR) is 210 cm³/mol. The molecule has 0 saturated carbocycles. The van der Waals surface area contributed by atoms with E-state index < -0.39 is 0 Å². The van der Waals surface area contributed by atoms with Crippen molar-refractivity contribution < 1.29 is 14.3 Å². The molecule has 0 aliphatic carbocycles. The number of pyridine rings is 1. The maximum atomic E-state index is 12.7. The van der Waals surface area contributed by atoms with Gasteiger partial charge in [0.2, 0.25) is 0 Å². The summed E-state index contributed by atoms with van der Waals surface area (Å²) in [6.07, 6.45) is 1.58. The van der Waals surface area contributed by atoms with E-state index in [-0.39, 0.29) is 5.91 Å². The molecule has 0 unspecified atom stereocenters. The van der Waals surface area contributed by atoms with Gasteiger partial charge in [-0.3, -0.25) is 19.1 Å². The number of nitrogens with zero attached hydrogens (tertiary/aromatic N) is 5. The molecule has 6 rings (SSSR count). The Morgan fingerprint density at radius 1 is 0.769 bits per heavy atom. The molecule has 0 atom stereocenters. The van der Waals surface area contributed by atoms with Crippen LogP contribution in [0, 0.1) is 25.7 Å². The number of anilines is 2. The number of ether oxygens (including phenoxy) is 2. The van der Waals surface area contributed by atoms with Crippen LogP contribution in [0.3, 0.4) is 0 Å². The van der Waals surface area contributed by atoms with Crippen molar-refractivity contribution in [3.8, 4) is 11.5 Å². The maximum absolute atomic E-state index is 12.7. The number of para-hydroxylation sites is 1. The molecule has 10 nitrogen and oxygen atoms in total. The number of hydrogen-bond donors (Lipinski definition) is 2. The number of carbonyl (C=O) groups is 1. The fraction of sp³-hybridized carbons (Fsp3) is 0.300. The van der Waals surface area contributed by atoms with E-state index in [1.54, 1.807) is 6.20 Å². The zero-order valence-corrected chi connectivity index (χ0v) is 31.9. The summed E-state index contributed by atoms with van der Waals surface area (Å²) in [7, 11) is 0. The van der Waals surface area contributed by atoms with E-state index in [2.05, 4.69) is 48.2 Å². The Balaban J connectivity index is 0.000000225. The molecule has 3 aromatic carbocycles. The largest absolute Gasteiger partial charge is 0.493 e. The molecule has 0 aliphatic rings. The first-order chi connectivity index (χ1) is 24.8. The van der Waals surface area contributed by atoms with E-state index in [0.717, 1.165) is 44.9 Å². The van der Waals surface area contributed by atoms with Crippen molar-refractivity contribution in [3.63, 3.8) is 0 Å². The number of benzene rings is 3. The van der Waals surface area contributed by atoms with Crippen molar-refractivity contribution in [1.82, 2.24) is 24.5 Å². The van der Waals surface area contributed by atoms with Crippen LogP contribution >= 0.6 is 23.2 Å². The minimum absolute atomic E-state index is 0.253. The van der Waals surface area contributed by atoms with Crippen molar-refractivity contribution in [2.24, 2.45) is 11.8 Å². The first-order valence-electron chi connectivity index (χ1n) is 17.2. The number of aryl methyl sites for hydroxylation is 2. The third kappa shape index (κ3) is 10.5. The summed E-state index contributed by atoms with van der Waals surface area (Å²) in [6, 6.07) is 24.4. The quantitative estimate of drug-likeness (QED) is 0.128. The van der Waals surface area contributed by atoms with Crippen LogP contribution in [0.5, 0.6) is 11.5 Å². The average molecular weight is 743 g/mol. The lowest BCUT2D eigenvalue weighted by molar-refractivity contribution is 0.102. The highest BCUT2D eigenvalue weighted by atomic mass is 35.5. The summed E-state index contributed by atoms with van der Waals surface area (Å²) in [5, 5.41) is 13.9. The molecule has 3 aromatic heterocycles. The van der Waals surface area contributed by atoms with Gasteiger partial charge in [0, 0.05) is 56.3 Å². The van der Waals surface area contributed by atoms with E-state index in [0.29, 0.717) is 65.4 Å². The number of halogens is 2. The minimum Gasteiger partial charge on any atom is -0.493 e. The van der Waals surface area contributed by atoms with Crippen molar-refractivity contribution >= 4 is 51.6 Å². The lowest BCUT2D eigenvalue weighted by Gasteiger charge is -2.14. The lowest BCUT2D eigenvalue weighted by atomic mass is 10.1. The number of rotatable bonds is 12. The molecule has 0 bridgehead atoms. The van der Waals surface area contributed by atoms with Crippen LogP contribution in [-0.2, 0) is 13.1 Å². The Morgan fingerprint density at radius 2 is 1.33 bits per heavy atom. The van der Waals surface area contributed by atoms with Crippen LogP contribution in [-0.4, -0.2) is 43.7 Å².